The summed E-state index contributed by atoms with van der Waals surface area (Å²) >= 11 is 6.82. The first-order chi connectivity index (χ1) is 12.1. The van der Waals surface area contributed by atoms with Crippen LogP contribution in [0.15, 0.2) is 81.7 Å². The number of hydrogen-bond acceptors (Lipinski definition) is 2. The minimum absolute atomic E-state index is 0.146. The molecule has 0 spiro atoms. The van der Waals surface area contributed by atoms with Crippen LogP contribution in [-0.4, -0.2) is 5.91 Å². The van der Waals surface area contributed by atoms with E-state index in [1.165, 1.54) is 0 Å². The monoisotopic (exact) mass is 459 g/mol. The minimum Gasteiger partial charge on any atom is -0.489 e. The van der Waals surface area contributed by atoms with Gasteiger partial charge in [-0.3, -0.25) is 4.79 Å². The molecule has 5 heteroatoms. The Morgan fingerprint density at radius 1 is 0.880 bits per heavy atom. The smallest absolute Gasteiger partial charge is 0.255 e. The molecule has 0 bridgehead atoms. The number of halogens is 2. The highest BCUT2D eigenvalue weighted by atomic mass is 79.9. The summed E-state index contributed by atoms with van der Waals surface area (Å²) in [4.78, 5) is 12.3. The van der Waals surface area contributed by atoms with Gasteiger partial charge >= 0.3 is 0 Å². The van der Waals surface area contributed by atoms with Crippen LogP contribution in [0, 0.1) is 0 Å². The fraction of sp³-hybridized carbons (Fsp3) is 0.0500. The number of hydrogen-bond donors (Lipinski definition) is 1. The third-order valence-corrected chi connectivity index (χ3v) is 4.78. The van der Waals surface area contributed by atoms with Crippen molar-refractivity contribution < 1.29 is 9.53 Å². The summed E-state index contributed by atoms with van der Waals surface area (Å²) < 4.78 is 7.60. The Morgan fingerprint density at radius 3 is 2.24 bits per heavy atom. The van der Waals surface area contributed by atoms with Crippen molar-refractivity contribution in [3.8, 4) is 5.75 Å². The molecular formula is C20H15Br2NO2. The molecule has 0 saturated carbocycles. The fourth-order valence-corrected chi connectivity index (χ4v) is 2.86. The lowest BCUT2D eigenvalue weighted by Gasteiger charge is -2.09. The van der Waals surface area contributed by atoms with Crippen LogP contribution in [-0.2, 0) is 6.61 Å². The van der Waals surface area contributed by atoms with Crippen LogP contribution in [0.25, 0.3) is 0 Å². The number of para-hydroxylation sites is 1. The Kier molecular flexibility index (Phi) is 5.89. The number of benzene rings is 3. The zero-order chi connectivity index (χ0) is 17.6. The van der Waals surface area contributed by atoms with Crippen LogP contribution in [0.1, 0.15) is 15.9 Å². The Labute approximate surface area is 163 Å². The van der Waals surface area contributed by atoms with E-state index in [0.717, 1.165) is 25.9 Å². The Hall–Kier alpha value is -2.11. The van der Waals surface area contributed by atoms with Gasteiger partial charge in [-0.15, -0.1) is 0 Å². The van der Waals surface area contributed by atoms with Crippen molar-refractivity contribution in [2.24, 2.45) is 0 Å². The quantitative estimate of drug-likeness (QED) is 0.503. The van der Waals surface area contributed by atoms with Crippen LogP contribution in [0.3, 0.4) is 0 Å². The lowest BCUT2D eigenvalue weighted by atomic mass is 10.1. The number of anilines is 1. The molecule has 0 unspecified atom stereocenters. The molecule has 0 heterocycles. The molecule has 126 valence electrons. The molecule has 25 heavy (non-hydrogen) atoms. The summed E-state index contributed by atoms with van der Waals surface area (Å²) in [7, 11) is 0. The highest BCUT2D eigenvalue weighted by Gasteiger charge is 2.08. The largest absolute Gasteiger partial charge is 0.489 e. The maximum absolute atomic E-state index is 12.3. The molecule has 0 saturated heterocycles. The molecule has 3 aromatic carbocycles. The topological polar surface area (TPSA) is 38.3 Å². The third-order valence-electron chi connectivity index (χ3n) is 3.56. The molecule has 0 aliphatic heterocycles. The van der Waals surface area contributed by atoms with E-state index in [-0.39, 0.29) is 5.91 Å². The summed E-state index contributed by atoms with van der Waals surface area (Å²) in [6, 6.07) is 22.6. The van der Waals surface area contributed by atoms with Crippen molar-refractivity contribution in [3.63, 3.8) is 0 Å². The van der Waals surface area contributed by atoms with E-state index >= 15 is 0 Å². The predicted octanol–water partition coefficient (Wildman–Crippen LogP) is 6.04. The van der Waals surface area contributed by atoms with Crippen molar-refractivity contribution in [1.82, 2.24) is 0 Å². The first kappa shape index (κ1) is 17.7. The Balaban J connectivity index is 1.60. The highest BCUT2D eigenvalue weighted by molar-refractivity contribution is 9.10. The van der Waals surface area contributed by atoms with Gasteiger partial charge in [-0.1, -0.05) is 40.2 Å². The number of nitrogens with one attached hydrogen (secondary N) is 1. The second-order valence-electron chi connectivity index (χ2n) is 5.37. The molecular weight excluding hydrogens is 446 g/mol. The van der Waals surface area contributed by atoms with Crippen molar-refractivity contribution in [3.05, 3.63) is 92.9 Å². The van der Waals surface area contributed by atoms with Gasteiger partial charge in [0, 0.05) is 14.5 Å². The molecule has 0 fully saturated rings. The van der Waals surface area contributed by atoms with Crippen molar-refractivity contribution in [1.29, 1.82) is 0 Å². The van der Waals surface area contributed by atoms with E-state index in [1.807, 2.05) is 60.7 Å². The van der Waals surface area contributed by atoms with Crippen LogP contribution < -0.4 is 10.1 Å². The van der Waals surface area contributed by atoms with Gasteiger partial charge in [0.2, 0.25) is 0 Å². The number of carbonyl (C=O) groups excluding carboxylic acids is 1. The van der Waals surface area contributed by atoms with Gasteiger partial charge in [-0.25, -0.2) is 0 Å². The summed E-state index contributed by atoms with van der Waals surface area (Å²) in [5.41, 5.74) is 2.35. The van der Waals surface area contributed by atoms with Crippen LogP contribution in [0.2, 0.25) is 0 Å². The second kappa shape index (κ2) is 8.32. The SMILES string of the molecule is O=C(Nc1ccccc1Br)c1ccc(COc2ccc(Br)cc2)cc1. The second-order valence-corrected chi connectivity index (χ2v) is 7.14. The zero-order valence-electron chi connectivity index (χ0n) is 13.2. The Morgan fingerprint density at radius 2 is 1.56 bits per heavy atom. The van der Waals surface area contributed by atoms with Crippen LogP contribution in [0.4, 0.5) is 5.69 Å². The van der Waals surface area contributed by atoms with E-state index in [1.54, 1.807) is 12.1 Å². The molecule has 1 N–H and O–H groups in total. The minimum atomic E-state index is -0.146. The van der Waals surface area contributed by atoms with Crippen LogP contribution >= 0.6 is 31.9 Å². The van der Waals surface area contributed by atoms with E-state index in [2.05, 4.69) is 37.2 Å². The van der Waals surface area contributed by atoms with Crippen molar-refractivity contribution in [2.45, 2.75) is 6.61 Å². The molecule has 0 aliphatic carbocycles. The van der Waals surface area contributed by atoms with E-state index in [0.29, 0.717) is 12.2 Å². The van der Waals surface area contributed by atoms with Gasteiger partial charge in [-0.2, -0.15) is 0 Å². The molecule has 1 amide bonds. The van der Waals surface area contributed by atoms with Gasteiger partial charge in [0.15, 0.2) is 0 Å². The lowest BCUT2D eigenvalue weighted by molar-refractivity contribution is 0.102. The van der Waals surface area contributed by atoms with Gasteiger partial charge in [0.1, 0.15) is 12.4 Å². The van der Waals surface area contributed by atoms with Crippen molar-refractivity contribution >= 4 is 43.5 Å². The zero-order valence-corrected chi connectivity index (χ0v) is 16.4. The first-order valence-electron chi connectivity index (χ1n) is 7.65. The number of ether oxygens (including phenoxy) is 1. The Bertz CT molecular complexity index is 862. The third kappa shape index (κ3) is 4.94. The van der Waals surface area contributed by atoms with Gasteiger partial charge in [0.25, 0.3) is 5.91 Å². The standard InChI is InChI=1S/C20H15Br2NO2/c21-16-9-11-17(12-10-16)25-13-14-5-7-15(8-6-14)20(24)23-19-4-2-1-3-18(19)22/h1-12H,13H2,(H,23,24). The summed E-state index contributed by atoms with van der Waals surface area (Å²) in [5, 5.41) is 2.89. The molecule has 3 nitrogen and oxygen atoms in total. The van der Waals surface area contributed by atoms with Crippen LogP contribution in [0.5, 0.6) is 5.75 Å². The maximum atomic E-state index is 12.3. The summed E-state index contributed by atoms with van der Waals surface area (Å²) in [5.74, 6) is 0.659. The average Bonchev–Trinajstić information content (AvgIpc) is 2.63. The van der Waals surface area contributed by atoms with Crippen molar-refractivity contribution in [2.75, 3.05) is 5.32 Å². The fourth-order valence-electron chi connectivity index (χ4n) is 2.21. The summed E-state index contributed by atoms with van der Waals surface area (Å²) in [6.45, 7) is 0.452. The molecule has 3 aromatic rings. The normalized spacial score (nSPS) is 10.3. The maximum Gasteiger partial charge on any atom is 0.255 e. The van der Waals surface area contributed by atoms with E-state index in [9.17, 15) is 4.79 Å². The molecule has 0 aliphatic rings. The van der Waals surface area contributed by atoms with Gasteiger partial charge in [-0.05, 0) is 70.0 Å². The predicted molar refractivity (Wildman–Crippen MR) is 107 cm³/mol. The number of amides is 1. The van der Waals surface area contributed by atoms with E-state index in [4.69, 9.17) is 4.74 Å². The van der Waals surface area contributed by atoms with Gasteiger partial charge in [0.05, 0.1) is 5.69 Å². The molecule has 0 aromatic heterocycles. The molecule has 0 radical (unpaired) electrons. The molecule has 3 rings (SSSR count). The summed E-state index contributed by atoms with van der Waals surface area (Å²) in [6.07, 6.45) is 0. The van der Waals surface area contributed by atoms with E-state index < -0.39 is 0 Å². The molecule has 0 atom stereocenters. The lowest BCUT2D eigenvalue weighted by Crippen LogP contribution is -2.12. The van der Waals surface area contributed by atoms with Gasteiger partial charge < -0.3 is 10.1 Å². The average molecular weight is 461 g/mol. The highest BCUT2D eigenvalue weighted by Crippen LogP contribution is 2.22. The number of rotatable bonds is 5. The first-order valence-corrected chi connectivity index (χ1v) is 9.23. The number of carbonyl (C=O) groups is 1.